The number of anilines is 1. The first-order chi connectivity index (χ1) is 12.5. The van der Waals surface area contributed by atoms with Crippen molar-refractivity contribution in [3.8, 4) is 11.5 Å². The maximum Gasteiger partial charge on any atom is 0.258 e. The molecule has 1 aromatic heterocycles. The molecule has 134 valence electrons. The number of methoxy groups -OCH3 is 2. The van der Waals surface area contributed by atoms with E-state index in [2.05, 4.69) is 5.32 Å². The highest BCUT2D eigenvalue weighted by Crippen LogP contribution is 2.25. The molecule has 2 aromatic carbocycles. The molecule has 3 rings (SSSR count). The van der Waals surface area contributed by atoms with Crippen LogP contribution in [0.25, 0.3) is 10.8 Å². The average molecular weight is 352 g/mol. The summed E-state index contributed by atoms with van der Waals surface area (Å²) in [6, 6.07) is 12.4. The van der Waals surface area contributed by atoms with Crippen molar-refractivity contribution in [2.75, 3.05) is 19.5 Å². The third-order valence-corrected chi connectivity index (χ3v) is 4.23. The number of carbonyl (C=O) groups is 1. The number of rotatable bonds is 5. The van der Waals surface area contributed by atoms with Crippen molar-refractivity contribution in [2.24, 2.45) is 7.05 Å². The molecular formula is C20H20N2O4. The van der Waals surface area contributed by atoms with Crippen LogP contribution in [0.4, 0.5) is 5.69 Å². The fourth-order valence-electron chi connectivity index (χ4n) is 2.87. The number of nitrogens with one attached hydrogen (secondary N) is 1. The van der Waals surface area contributed by atoms with Crippen molar-refractivity contribution in [1.29, 1.82) is 0 Å². The summed E-state index contributed by atoms with van der Waals surface area (Å²) < 4.78 is 12.0. The van der Waals surface area contributed by atoms with Crippen LogP contribution in [0.5, 0.6) is 11.5 Å². The molecule has 1 heterocycles. The van der Waals surface area contributed by atoms with Gasteiger partial charge in [0.05, 0.1) is 20.6 Å². The van der Waals surface area contributed by atoms with E-state index in [0.29, 0.717) is 28.0 Å². The lowest BCUT2D eigenvalue weighted by atomic mass is 10.1. The lowest BCUT2D eigenvalue weighted by Crippen LogP contribution is -2.18. The summed E-state index contributed by atoms with van der Waals surface area (Å²) in [5, 5.41) is 4.16. The van der Waals surface area contributed by atoms with Gasteiger partial charge in [0.2, 0.25) is 5.91 Å². The average Bonchev–Trinajstić information content (AvgIpc) is 2.65. The van der Waals surface area contributed by atoms with Gasteiger partial charge in [0, 0.05) is 35.3 Å². The molecule has 0 unspecified atom stereocenters. The Hall–Kier alpha value is -3.28. The number of aryl methyl sites for hydroxylation is 1. The van der Waals surface area contributed by atoms with Crippen molar-refractivity contribution in [2.45, 2.75) is 6.42 Å². The van der Waals surface area contributed by atoms with E-state index in [1.165, 1.54) is 4.57 Å². The van der Waals surface area contributed by atoms with E-state index >= 15 is 0 Å². The van der Waals surface area contributed by atoms with Gasteiger partial charge < -0.3 is 19.4 Å². The lowest BCUT2D eigenvalue weighted by molar-refractivity contribution is -0.115. The molecule has 0 aliphatic heterocycles. The molecule has 0 saturated heterocycles. The minimum absolute atomic E-state index is 0.104. The second kappa shape index (κ2) is 7.31. The Kier molecular flexibility index (Phi) is 4.93. The van der Waals surface area contributed by atoms with Gasteiger partial charge in [-0.2, -0.15) is 0 Å². The first-order valence-electron chi connectivity index (χ1n) is 8.12. The number of ether oxygens (including phenoxy) is 2. The lowest BCUT2D eigenvalue weighted by Gasteiger charge is -2.12. The Bertz CT molecular complexity index is 1020. The van der Waals surface area contributed by atoms with Crippen molar-refractivity contribution < 1.29 is 14.3 Å². The van der Waals surface area contributed by atoms with Gasteiger partial charge in [0.1, 0.15) is 11.5 Å². The Morgan fingerprint density at radius 3 is 2.62 bits per heavy atom. The molecule has 6 heteroatoms. The molecule has 3 aromatic rings. The van der Waals surface area contributed by atoms with Gasteiger partial charge in [0.25, 0.3) is 5.56 Å². The van der Waals surface area contributed by atoms with E-state index in [9.17, 15) is 9.59 Å². The van der Waals surface area contributed by atoms with Crippen LogP contribution in [0.2, 0.25) is 0 Å². The van der Waals surface area contributed by atoms with Gasteiger partial charge in [-0.05, 0) is 36.4 Å². The summed E-state index contributed by atoms with van der Waals surface area (Å²) in [5.74, 6) is 1.07. The van der Waals surface area contributed by atoms with Gasteiger partial charge in [0.15, 0.2) is 0 Å². The number of hydrogen-bond acceptors (Lipinski definition) is 4. The summed E-state index contributed by atoms with van der Waals surface area (Å²) in [7, 11) is 4.83. The standard InChI is InChI=1S/C20H20N2O4/c1-22-10-9-15-16(20(22)24)5-4-6-17(15)21-19(23)12-13-11-14(25-2)7-8-18(13)26-3/h4-11H,12H2,1-3H3,(H,21,23). The van der Waals surface area contributed by atoms with E-state index < -0.39 is 0 Å². The first kappa shape index (κ1) is 17.5. The van der Waals surface area contributed by atoms with Crippen LogP contribution in [-0.2, 0) is 18.3 Å². The Morgan fingerprint density at radius 2 is 1.88 bits per heavy atom. The van der Waals surface area contributed by atoms with E-state index in [1.807, 2.05) is 6.07 Å². The number of fused-ring (bicyclic) bond motifs is 1. The number of aromatic nitrogens is 1. The predicted octanol–water partition coefficient (Wildman–Crippen LogP) is 2.74. The minimum atomic E-state index is -0.204. The Balaban J connectivity index is 1.89. The number of benzene rings is 2. The molecule has 0 fully saturated rings. The maximum atomic E-state index is 12.6. The molecular weight excluding hydrogens is 332 g/mol. The van der Waals surface area contributed by atoms with Crippen LogP contribution in [0, 0.1) is 0 Å². The highest BCUT2D eigenvalue weighted by molar-refractivity contribution is 6.02. The molecule has 1 N–H and O–H groups in total. The van der Waals surface area contributed by atoms with Gasteiger partial charge in [-0.15, -0.1) is 0 Å². The minimum Gasteiger partial charge on any atom is -0.497 e. The van der Waals surface area contributed by atoms with Gasteiger partial charge >= 0.3 is 0 Å². The van der Waals surface area contributed by atoms with Crippen LogP contribution in [0.3, 0.4) is 0 Å². The van der Waals surface area contributed by atoms with Crippen LogP contribution >= 0.6 is 0 Å². The zero-order valence-corrected chi connectivity index (χ0v) is 14.9. The summed E-state index contributed by atoms with van der Waals surface area (Å²) in [6.45, 7) is 0. The Labute approximate surface area is 151 Å². The van der Waals surface area contributed by atoms with Crippen molar-refractivity contribution in [1.82, 2.24) is 4.57 Å². The highest BCUT2D eigenvalue weighted by atomic mass is 16.5. The highest BCUT2D eigenvalue weighted by Gasteiger charge is 2.12. The molecule has 26 heavy (non-hydrogen) atoms. The Morgan fingerprint density at radius 1 is 1.08 bits per heavy atom. The monoisotopic (exact) mass is 352 g/mol. The first-order valence-corrected chi connectivity index (χ1v) is 8.12. The topological polar surface area (TPSA) is 69.6 Å². The molecule has 0 saturated carbocycles. The molecule has 0 aliphatic carbocycles. The second-order valence-corrected chi connectivity index (χ2v) is 5.90. The molecule has 0 aliphatic rings. The molecule has 6 nitrogen and oxygen atoms in total. The summed E-state index contributed by atoms with van der Waals surface area (Å²) >= 11 is 0. The predicted molar refractivity (Wildman–Crippen MR) is 101 cm³/mol. The maximum absolute atomic E-state index is 12.6. The number of carbonyl (C=O) groups excluding carboxylic acids is 1. The molecule has 0 radical (unpaired) electrons. The third-order valence-electron chi connectivity index (χ3n) is 4.23. The number of amides is 1. The van der Waals surface area contributed by atoms with E-state index in [1.54, 1.807) is 63.9 Å². The van der Waals surface area contributed by atoms with Gasteiger partial charge in [-0.25, -0.2) is 0 Å². The smallest absolute Gasteiger partial charge is 0.258 e. The molecule has 0 atom stereocenters. The van der Waals surface area contributed by atoms with Crippen LogP contribution < -0.4 is 20.3 Å². The third kappa shape index (κ3) is 3.39. The van der Waals surface area contributed by atoms with E-state index in [4.69, 9.17) is 9.47 Å². The summed E-state index contributed by atoms with van der Waals surface area (Å²) in [4.78, 5) is 24.8. The van der Waals surface area contributed by atoms with Crippen LogP contribution in [0.15, 0.2) is 53.5 Å². The summed E-state index contributed by atoms with van der Waals surface area (Å²) in [6.07, 6.45) is 1.81. The SMILES string of the molecule is COc1ccc(OC)c(CC(=O)Nc2cccc3c(=O)n(C)ccc23)c1. The van der Waals surface area contributed by atoms with Crippen molar-refractivity contribution in [3.05, 3.63) is 64.6 Å². The van der Waals surface area contributed by atoms with E-state index in [-0.39, 0.29) is 17.9 Å². The van der Waals surface area contributed by atoms with Crippen molar-refractivity contribution >= 4 is 22.4 Å². The fraction of sp³-hybridized carbons (Fsp3) is 0.200. The largest absolute Gasteiger partial charge is 0.497 e. The fourth-order valence-corrected chi connectivity index (χ4v) is 2.87. The van der Waals surface area contributed by atoms with Crippen LogP contribution in [0.1, 0.15) is 5.56 Å². The zero-order chi connectivity index (χ0) is 18.7. The van der Waals surface area contributed by atoms with Gasteiger partial charge in [-0.1, -0.05) is 6.07 Å². The van der Waals surface area contributed by atoms with Crippen molar-refractivity contribution in [3.63, 3.8) is 0 Å². The number of hydrogen-bond donors (Lipinski definition) is 1. The molecule has 0 bridgehead atoms. The summed E-state index contributed by atoms with van der Waals surface area (Å²) in [5.41, 5.74) is 1.22. The van der Waals surface area contributed by atoms with Gasteiger partial charge in [-0.3, -0.25) is 9.59 Å². The number of pyridine rings is 1. The van der Waals surface area contributed by atoms with E-state index in [0.717, 1.165) is 5.56 Å². The second-order valence-electron chi connectivity index (χ2n) is 5.90. The normalized spacial score (nSPS) is 10.6. The molecule has 0 spiro atoms. The quantitative estimate of drug-likeness (QED) is 0.767. The number of nitrogens with zero attached hydrogens (tertiary/aromatic N) is 1. The van der Waals surface area contributed by atoms with Crippen LogP contribution in [-0.4, -0.2) is 24.7 Å². The molecule has 1 amide bonds. The zero-order valence-electron chi connectivity index (χ0n) is 14.9.